The predicted molar refractivity (Wildman–Crippen MR) is 71.8 cm³/mol. The summed E-state index contributed by atoms with van der Waals surface area (Å²) >= 11 is 6.00. The maximum Gasteiger partial charge on any atom is 0.122 e. The summed E-state index contributed by atoms with van der Waals surface area (Å²) in [6, 6.07) is 7.33. The molecule has 0 bridgehead atoms. The summed E-state index contributed by atoms with van der Waals surface area (Å²) in [7, 11) is 3.52. The maximum absolute atomic E-state index is 6.19. The smallest absolute Gasteiger partial charge is 0.122 e. The minimum absolute atomic E-state index is 0.134. The van der Waals surface area contributed by atoms with Gasteiger partial charge in [-0.3, -0.25) is 4.68 Å². The lowest BCUT2D eigenvalue weighted by Crippen LogP contribution is -2.17. The molecule has 2 aromatic rings. The second-order valence-corrected chi connectivity index (χ2v) is 4.58. The zero-order chi connectivity index (χ0) is 13.1. The molecule has 0 saturated carbocycles. The molecule has 2 N–H and O–H groups in total. The van der Waals surface area contributed by atoms with Crippen LogP contribution >= 0.6 is 11.6 Å². The lowest BCUT2D eigenvalue weighted by Gasteiger charge is -2.14. The van der Waals surface area contributed by atoms with Crippen LogP contribution < -0.4 is 10.5 Å². The SMILES string of the molecule is COc1ccc(Cl)cc1CC(N)c1ccnn1C. The summed E-state index contributed by atoms with van der Waals surface area (Å²) in [5, 5.41) is 4.80. The number of nitrogens with two attached hydrogens (primary N) is 1. The maximum atomic E-state index is 6.19. The Morgan fingerprint density at radius 1 is 1.44 bits per heavy atom. The quantitative estimate of drug-likeness (QED) is 0.923. The molecule has 1 unspecified atom stereocenters. The summed E-state index contributed by atoms with van der Waals surface area (Å²) in [6.07, 6.45) is 2.40. The monoisotopic (exact) mass is 265 g/mol. The molecule has 0 fully saturated rings. The molecule has 0 aliphatic rings. The Morgan fingerprint density at radius 2 is 2.22 bits per heavy atom. The first kappa shape index (κ1) is 12.9. The van der Waals surface area contributed by atoms with Crippen molar-refractivity contribution in [3.8, 4) is 5.75 Å². The van der Waals surface area contributed by atoms with E-state index in [0.717, 1.165) is 17.0 Å². The van der Waals surface area contributed by atoms with Gasteiger partial charge in [-0.15, -0.1) is 0 Å². The van der Waals surface area contributed by atoms with Crippen LogP contribution in [0.25, 0.3) is 0 Å². The highest BCUT2D eigenvalue weighted by atomic mass is 35.5. The molecule has 1 aromatic heterocycles. The fourth-order valence-electron chi connectivity index (χ4n) is 2.00. The van der Waals surface area contributed by atoms with Gasteiger partial charge in [-0.1, -0.05) is 11.6 Å². The number of halogens is 1. The Morgan fingerprint density at radius 3 is 2.83 bits per heavy atom. The summed E-state index contributed by atoms with van der Waals surface area (Å²) < 4.78 is 7.09. The fourth-order valence-corrected chi connectivity index (χ4v) is 2.19. The number of benzene rings is 1. The standard InChI is InChI=1S/C13H16ClN3O/c1-17-12(5-6-16-17)11(15)8-9-7-10(14)3-4-13(9)18-2/h3-7,11H,8,15H2,1-2H3. The van der Waals surface area contributed by atoms with E-state index >= 15 is 0 Å². The highest BCUT2D eigenvalue weighted by Gasteiger charge is 2.13. The lowest BCUT2D eigenvalue weighted by molar-refractivity contribution is 0.407. The van der Waals surface area contributed by atoms with E-state index in [1.54, 1.807) is 24.1 Å². The molecule has 96 valence electrons. The van der Waals surface area contributed by atoms with Gasteiger partial charge in [-0.05, 0) is 36.2 Å². The van der Waals surface area contributed by atoms with Crippen molar-refractivity contribution in [3.63, 3.8) is 0 Å². The van der Waals surface area contributed by atoms with E-state index in [1.165, 1.54) is 0 Å². The third-order valence-corrected chi connectivity index (χ3v) is 3.16. The van der Waals surface area contributed by atoms with Gasteiger partial charge >= 0.3 is 0 Å². The minimum atomic E-state index is -0.134. The van der Waals surface area contributed by atoms with Crippen LogP contribution in [0.1, 0.15) is 17.3 Å². The van der Waals surface area contributed by atoms with Crippen LogP contribution in [-0.2, 0) is 13.5 Å². The van der Waals surface area contributed by atoms with Crippen LogP contribution in [0.3, 0.4) is 0 Å². The molecular weight excluding hydrogens is 250 g/mol. The number of ether oxygens (including phenoxy) is 1. The first-order valence-electron chi connectivity index (χ1n) is 5.67. The summed E-state index contributed by atoms with van der Waals surface area (Å²) in [5.41, 5.74) is 8.17. The number of nitrogens with zero attached hydrogens (tertiary/aromatic N) is 2. The van der Waals surface area contributed by atoms with Gasteiger partial charge in [-0.25, -0.2) is 0 Å². The van der Waals surface area contributed by atoms with Crippen molar-refractivity contribution in [2.24, 2.45) is 12.8 Å². The Balaban J connectivity index is 2.23. The molecule has 0 spiro atoms. The Labute approximate surface area is 111 Å². The third-order valence-electron chi connectivity index (χ3n) is 2.92. The van der Waals surface area contributed by atoms with E-state index in [0.29, 0.717) is 11.4 Å². The van der Waals surface area contributed by atoms with Gasteiger partial charge < -0.3 is 10.5 Å². The van der Waals surface area contributed by atoms with E-state index in [4.69, 9.17) is 22.1 Å². The van der Waals surface area contributed by atoms with Gasteiger partial charge in [0, 0.05) is 18.3 Å². The van der Waals surface area contributed by atoms with E-state index in [-0.39, 0.29) is 6.04 Å². The number of hydrogen-bond donors (Lipinski definition) is 1. The van der Waals surface area contributed by atoms with E-state index < -0.39 is 0 Å². The summed E-state index contributed by atoms with van der Waals surface area (Å²) in [4.78, 5) is 0. The molecular formula is C13H16ClN3O. The molecule has 1 aromatic carbocycles. The molecule has 1 heterocycles. The highest BCUT2D eigenvalue weighted by molar-refractivity contribution is 6.30. The number of hydrogen-bond acceptors (Lipinski definition) is 3. The molecule has 1 atom stereocenters. The first-order valence-corrected chi connectivity index (χ1v) is 6.05. The second-order valence-electron chi connectivity index (χ2n) is 4.15. The molecule has 0 aliphatic heterocycles. The Hall–Kier alpha value is -1.52. The topological polar surface area (TPSA) is 53.1 Å². The van der Waals surface area contributed by atoms with E-state index in [9.17, 15) is 0 Å². The summed E-state index contributed by atoms with van der Waals surface area (Å²) in [5.74, 6) is 0.803. The zero-order valence-corrected chi connectivity index (χ0v) is 11.2. The van der Waals surface area contributed by atoms with Crippen molar-refractivity contribution in [1.82, 2.24) is 9.78 Å². The average Bonchev–Trinajstić information content (AvgIpc) is 2.76. The highest BCUT2D eigenvalue weighted by Crippen LogP contribution is 2.26. The molecule has 5 heteroatoms. The fraction of sp³-hybridized carbons (Fsp3) is 0.308. The Bertz CT molecular complexity index is 539. The minimum Gasteiger partial charge on any atom is -0.496 e. The van der Waals surface area contributed by atoms with Crippen LogP contribution in [0.4, 0.5) is 0 Å². The van der Waals surface area contributed by atoms with Crippen LogP contribution in [0.15, 0.2) is 30.5 Å². The molecule has 2 rings (SSSR count). The van der Waals surface area contributed by atoms with Gasteiger partial charge in [0.15, 0.2) is 0 Å². The number of aromatic nitrogens is 2. The van der Waals surface area contributed by atoms with Crippen LogP contribution in [0, 0.1) is 0 Å². The number of aryl methyl sites for hydroxylation is 1. The van der Waals surface area contributed by atoms with Crippen LogP contribution in [0.2, 0.25) is 5.02 Å². The van der Waals surface area contributed by atoms with Crippen molar-refractivity contribution in [1.29, 1.82) is 0 Å². The molecule has 4 nitrogen and oxygen atoms in total. The molecule has 18 heavy (non-hydrogen) atoms. The van der Waals surface area contributed by atoms with Gasteiger partial charge in [0.2, 0.25) is 0 Å². The van der Waals surface area contributed by atoms with Crippen molar-refractivity contribution >= 4 is 11.6 Å². The van der Waals surface area contributed by atoms with Crippen molar-refractivity contribution < 1.29 is 4.74 Å². The number of rotatable bonds is 4. The van der Waals surface area contributed by atoms with Gasteiger partial charge in [0.1, 0.15) is 5.75 Å². The molecule has 0 aliphatic carbocycles. The predicted octanol–water partition coefficient (Wildman–Crippen LogP) is 2.32. The van der Waals surface area contributed by atoms with Gasteiger partial charge in [0.05, 0.1) is 18.8 Å². The normalized spacial score (nSPS) is 12.4. The van der Waals surface area contributed by atoms with Crippen LogP contribution in [-0.4, -0.2) is 16.9 Å². The van der Waals surface area contributed by atoms with E-state index in [1.807, 2.05) is 25.2 Å². The third kappa shape index (κ3) is 2.66. The molecule has 0 saturated heterocycles. The van der Waals surface area contributed by atoms with Gasteiger partial charge in [-0.2, -0.15) is 5.10 Å². The van der Waals surface area contributed by atoms with Crippen molar-refractivity contribution in [3.05, 3.63) is 46.7 Å². The van der Waals surface area contributed by atoms with E-state index in [2.05, 4.69) is 5.10 Å². The molecule has 0 radical (unpaired) electrons. The van der Waals surface area contributed by atoms with Crippen LogP contribution in [0.5, 0.6) is 5.75 Å². The first-order chi connectivity index (χ1) is 8.61. The largest absolute Gasteiger partial charge is 0.496 e. The molecule has 0 amide bonds. The van der Waals surface area contributed by atoms with Crippen molar-refractivity contribution in [2.75, 3.05) is 7.11 Å². The van der Waals surface area contributed by atoms with Gasteiger partial charge in [0.25, 0.3) is 0 Å². The zero-order valence-electron chi connectivity index (χ0n) is 10.4. The Kier molecular flexibility index (Phi) is 3.89. The number of methoxy groups -OCH3 is 1. The lowest BCUT2D eigenvalue weighted by atomic mass is 10.0. The van der Waals surface area contributed by atoms with Crippen molar-refractivity contribution in [2.45, 2.75) is 12.5 Å². The average molecular weight is 266 g/mol. The second kappa shape index (κ2) is 5.42. The summed E-state index contributed by atoms with van der Waals surface area (Å²) in [6.45, 7) is 0.